The first kappa shape index (κ1) is 22.5. The fourth-order valence-corrected chi connectivity index (χ4v) is 4.38. The second kappa shape index (κ2) is 9.72. The van der Waals surface area contributed by atoms with Crippen LogP contribution in [0.1, 0.15) is 72.7 Å². The molecule has 1 aromatic carbocycles. The normalized spacial score (nSPS) is 22.4. The Morgan fingerprint density at radius 3 is 2.60 bits per heavy atom. The van der Waals surface area contributed by atoms with Gasteiger partial charge in [0.15, 0.2) is 11.5 Å². The molecule has 1 aliphatic rings. The van der Waals surface area contributed by atoms with Crippen LogP contribution in [0.2, 0.25) is 0 Å². The number of nitrogens with one attached hydrogen (secondary N) is 1. The zero-order chi connectivity index (χ0) is 21.7. The van der Waals surface area contributed by atoms with Gasteiger partial charge in [-0.25, -0.2) is 14.8 Å². The van der Waals surface area contributed by atoms with Crippen LogP contribution < -0.4 is 11.1 Å². The number of halogens is 1. The minimum Gasteiger partial charge on any atom is -0.478 e. The lowest BCUT2D eigenvalue weighted by Crippen LogP contribution is -2.36. The Hall–Kier alpha value is -2.23. The molecule has 1 amide bonds. The molecule has 0 saturated heterocycles. The van der Waals surface area contributed by atoms with Crippen molar-refractivity contribution in [2.24, 2.45) is 0 Å². The second-order valence-electron chi connectivity index (χ2n) is 8.09. The van der Waals surface area contributed by atoms with Crippen molar-refractivity contribution in [2.45, 2.75) is 61.3 Å². The molecule has 1 aliphatic carbocycles. The van der Waals surface area contributed by atoms with Crippen molar-refractivity contribution in [1.82, 2.24) is 15.3 Å². The fraction of sp³-hybridized carbons (Fsp3) is 0.455. The lowest BCUT2D eigenvalue weighted by Gasteiger charge is -2.24. The van der Waals surface area contributed by atoms with Crippen LogP contribution in [-0.2, 0) is 0 Å². The lowest BCUT2D eigenvalue weighted by atomic mass is 9.97. The lowest BCUT2D eigenvalue weighted by molar-refractivity contribution is 0.0696. The van der Waals surface area contributed by atoms with Gasteiger partial charge in [-0.3, -0.25) is 4.79 Å². The van der Waals surface area contributed by atoms with Gasteiger partial charge in [-0.05, 0) is 37.8 Å². The molecule has 1 heterocycles. The van der Waals surface area contributed by atoms with Gasteiger partial charge in [0, 0.05) is 15.0 Å². The molecule has 0 radical (unpaired) electrons. The molecule has 4 N–H and O–H groups in total. The summed E-state index contributed by atoms with van der Waals surface area (Å²) in [6, 6.07) is 6.36. The Morgan fingerprint density at radius 2 is 1.90 bits per heavy atom. The predicted octanol–water partition coefficient (Wildman–Crippen LogP) is 4.46. The van der Waals surface area contributed by atoms with Crippen molar-refractivity contribution in [3.63, 3.8) is 0 Å². The molecule has 30 heavy (non-hydrogen) atoms. The molecule has 0 bridgehead atoms. The zero-order valence-corrected chi connectivity index (χ0v) is 19.2. The quantitative estimate of drug-likeness (QED) is 0.403. The first-order valence-electron chi connectivity index (χ1n) is 10.2. The summed E-state index contributed by atoms with van der Waals surface area (Å²) in [5, 5.41) is 12.2. The molecule has 2 atom stereocenters. The van der Waals surface area contributed by atoms with Crippen LogP contribution in [0.4, 0.5) is 5.82 Å². The molecule has 160 valence electrons. The van der Waals surface area contributed by atoms with E-state index in [0.29, 0.717) is 11.3 Å². The van der Waals surface area contributed by atoms with Crippen LogP contribution >= 0.6 is 22.6 Å². The summed E-state index contributed by atoms with van der Waals surface area (Å²) >= 11 is 2.54. The molecule has 2 unspecified atom stereocenters. The number of aromatic carboxylic acids is 1. The number of carbonyl (C=O) groups excluding carboxylic acids is 1. The van der Waals surface area contributed by atoms with E-state index in [9.17, 15) is 9.59 Å². The van der Waals surface area contributed by atoms with Gasteiger partial charge in [-0.1, -0.05) is 60.9 Å². The number of nitrogens with zero attached hydrogens (tertiary/aromatic N) is 2. The third kappa shape index (κ3) is 5.90. The number of alkyl halides is 1. The predicted molar refractivity (Wildman–Crippen MR) is 125 cm³/mol. The van der Waals surface area contributed by atoms with E-state index >= 15 is 0 Å². The second-order valence-corrected chi connectivity index (χ2v) is 10.7. The highest BCUT2D eigenvalue weighted by atomic mass is 127. The van der Waals surface area contributed by atoms with Crippen LogP contribution in [0.5, 0.6) is 0 Å². The zero-order valence-electron chi connectivity index (χ0n) is 17.0. The van der Waals surface area contributed by atoms with Gasteiger partial charge in [-0.2, -0.15) is 0 Å². The van der Waals surface area contributed by atoms with Crippen molar-refractivity contribution in [3.05, 3.63) is 41.7 Å². The highest BCUT2D eigenvalue weighted by Gasteiger charge is 2.25. The van der Waals surface area contributed by atoms with Gasteiger partial charge in [-0.15, -0.1) is 0 Å². The number of anilines is 1. The van der Waals surface area contributed by atoms with Crippen LogP contribution in [0.3, 0.4) is 0 Å². The topological polar surface area (TPSA) is 118 Å². The highest BCUT2D eigenvalue weighted by molar-refractivity contribution is 14.1. The summed E-state index contributed by atoms with van der Waals surface area (Å²) in [6.07, 6.45) is 9.11. The molecular weight excluding hydrogens is 495 g/mol. The van der Waals surface area contributed by atoms with Crippen molar-refractivity contribution >= 4 is 40.3 Å². The number of carbonyl (C=O) groups is 2. The van der Waals surface area contributed by atoms with E-state index in [2.05, 4.69) is 44.8 Å². The Balaban J connectivity index is 1.76. The largest absolute Gasteiger partial charge is 0.478 e. The molecule has 8 heteroatoms. The molecular formula is C22H27IN4O3. The van der Waals surface area contributed by atoms with E-state index in [4.69, 9.17) is 10.8 Å². The number of carboxylic acid groups (broad SMARTS) is 1. The number of nitrogens with two attached hydrogens (primary N) is 1. The molecule has 1 fully saturated rings. The molecule has 3 rings (SSSR count). The smallest absolute Gasteiger partial charge is 0.335 e. The van der Waals surface area contributed by atoms with Gasteiger partial charge in [0.25, 0.3) is 5.91 Å². The molecule has 1 saturated carbocycles. The Kier molecular flexibility index (Phi) is 7.27. The maximum Gasteiger partial charge on any atom is 0.335 e. The van der Waals surface area contributed by atoms with Gasteiger partial charge in [0.2, 0.25) is 0 Å². The van der Waals surface area contributed by atoms with Crippen LogP contribution in [0.25, 0.3) is 11.3 Å². The first-order chi connectivity index (χ1) is 14.2. The maximum atomic E-state index is 12.9. The number of rotatable bonds is 4. The number of hydrogen-bond donors (Lipinski definition) is 3. The first-order valence-corrected chi connectivity index (χ1v) is 11.3. The van der Waals surface area contributed by atoms with Gasteiger partial charge in [0.05, 0.1) is 17.5 Å². The minimum atomic E-state index is -0.998. The van der Waals surface area contributed by atoms with Gasteiger partial charge < -0.3 is 16.2 Å². The van der Waals surface area contributed by atoms with E-state index < -0.39 is 5.97 Å². The summed E-state index contributed by atoms with van der Waals surface area (Å²) in [5.74, 6) is -1.23. The number of carboxylic acids is 1. The van der Waals surface area contributed by atoms with Crippen LogP contribution in [0, 0.1) is 0 Å². The van der Waals surface area contributed by atoms with Crippen molar-refractivity contribution in [3.8, 4) is 11.3 Å². The molecule has 0 aliphatic heterocycles. The van der Waals surface area contributed by atoms with Crippen molar-refractivity contribution in [1.29, 1.82) is 0 Å². The van der Waals surface area contributed by atoms with E-state index in [0.717, 1.165) is 25.7 Å². The highest BCUT2D eigenvalue weighted by Crippen LogP contribution is 2.33. The summed E-state index contributed by atoms with van der Waals surface area (Å²) in [5.41, 5.74) is 7.38. The Bertz CT molecular complexity index is 915. The number of hydrogen-bond acceptors (Lipinski definition) is 5. The Morgan fingerprint density at radius 1 is 1.17 bits per heavy atom. The van der Waals surface area contributed by atoms with Crippen LogP contribution in [0.15, 0.2) is 30.5 Å². The number of nitrogen functional groups attached to an aromatic ring is 1. The SMILES string of the molecule is CC1(I)CCCCCC(NC(=O)c2nc(-c3ccc(C(=O)O)cc3)cnc2N)CC1. The summed E-state index contributed by atoms with van der Waals surface area (Å²) in [7, 11) is 0. The average molecular weight is 522 g/mol. The molecule has 0 spiro atoms. The van der Waals surface area contributed by atoms with Gasteiger partial charge >= 0.3 is 5.97 Å². The van der Waals surface area contributed by atoms with E-state index in [1.165, 1.54) is 37.6 Å². The van der Waals surface area contributed by atoms with E-state index in [-0.39, 0.29) is 32.4 Å². The number of aromatic nitrogens is 2. The summed E-state index contributed by atoms with van der Waals surface area (Å²) in [6.45, 7) is 2.28. The standard InChI is InChI=1S/C22H27IN4O3/c1-22(23)11-4-2-3-5-16(10-12-22)26-20(28)18-19(24)25-13-17(27-18)14-6-8-15(9-7-14)21(29)30/h6-9,13,16H,2-5,10-12H2,1H3,(H2,24,25)(H,26,28)(H,29,30). The molecule has 7 nitrogen and oxygen atoms in total. The summed E-state index contributed by atoms with van der Waals surface area (Å²) < 4.78 is 0.256. The monoisotopic (exact) mass is 522 g/mol. The number of amides is 1. The fourth-order valence-electron chi connectivity index (χ4n) is 3.69. The summed E-state index contributed by atoms with van der Waals surface area (Å²) in [4.78, 5) is 32.5. The van der Waals surface area contributed by atoms with Crippen molar-refractivity contribution < 1.29 is 14.7 Å². The Labute approximate surface area is 190 Å². The third-order valence-electron chi connectivity index (χ3n) is 5.54. The third-order valence-corrected chi connectivity index (χ3v) is 6.62. The minimum absolute atomic E-state index is 0.0835. The van der Waals surface area contributed by atoms with E-state index in [1.807, 2.05) is 0 Å². The van der Waals surface area contributed by atoms with Crippen LogP contribution in [-0.4, -0.2) is 36.4 Å². The number of benzene rings is 1. The average Bonchev–Trinajstić information content (AvgIpc) is 2.79. The maximum absolute atomic E-state index is 12.9. The van der Waals surface area contributed by atoms with Crippen molar-refractivity contribution in [2.75, 3.05) is 5.73 Å². The van der Waals surface area contributed by atoms with E-state index in [1.54, 1.807) is 12.1 Å². The molecule has 1 aromatic heterocycles. The van der Waals surface area contributed by atoms with Gasteiger partial charge in [0.1, 0.15) is 0 Å². The molecule has 2 aromatic rings.